The van der Waals surface area contributed by atoms with Crippen LogP contribution >= 0.6 is 0 Å². The van der Waals surface area contributed by atoms with Gasteiger partial charge in [0, 0.05) is 47.4 Å². The molecule has 2 atom stereocenters. The molecule has 1 aliphatic heterocycles. The normalized spacial score (nSPS) is 18.4. The number of sulfone groups is 1. The van der Waals surface area contributed by atoms with E-state index < -0.39 is 22.0 Å². The molecule has 1 aliphatic rings. The number of hydrogen-bond acceptors (Lipinski definition) is 8. The molecule has 35 heavy (non-hydrogen) atoms. The first-order chi connectivity index (χ1) is 16.7. The molecule has 10 nitrogen and oxygen atoms in total. The van der Waals surface area contributed by atoms with Crippen molar-refractivity contribution >= 4 is 26.7 Å². The summed E-state index contributed by atoms with van der Waals surface area (Å²) < 4.78 is 41.0. The minimum atomic E-state index is -3.53. The van der Waals surface area contributed by atoms with E-state index >= 15 is 0 Å². The molecule has 0 radical (unpaired) electrons. The van der Waals surface area contributed by atoms with Crippen LogP contribution in [0.4, 0.5) is 4.79 Å². The van der Waals surface area contributed by atoms with Gasteiger partial charge in [0.25, 0.3) is 0 Å². The van der Waals surface area contributed by atoms with Gasteiger partial charge < -0.3 is 24.2 Å². The number of methoxy groups -OCH3 is 2. The van der Waals surface area contributed by atoms with Crippen LogP contribution in [-0.4, -0.2) is 74.2 Å². The Bertz CT molecular complexity index is 1330. The number of hydrogen-bond donors (Lipinski definition) is 1. The summed E-state index contributed by atoms with van der Waals surface area (Å²) >= 11 is 0. The van der Waals surface area contributed by atoms with Gasteiger partial charge in [0.1, 0.15) is 11.5 Å². The number of carboxylic acid groups (broad SMARTS) is 1. The molecule has 3 aromatic rings. The zero-order chi connectivity index (χ0) is 25.2. The predicted molar refractivity (Wildman–Crippen MR) is 128 cm³/mol. The number of fused-ring (bicyclic) bond motifs is 1. The highest BCUT2D eigenvalue weighted by Gasteiger charge is 2.34. The SMILES string of the molecule is COc1cc(COC2CN(C(=O)O)CCC2c2cnc(S(C)(=O)=O)nc2)c(OC)c2ccccc12. The van der Waals surface area contributed by atoms with Crippen LogP contribution in [0.2, 0.25) is 0 Å². The fraction of sp³-hybridized carbons (Fsp3) is 0.375. The van der Waals surface area contributed by atoms with Gasteiger partial charge in [0.15, 0.2) is 0 Å². The lowest BCUT2D eigenvalue weighted by Gasteiger charge is -2.37. The number of carbonyl (C=O) groups is 1. The van der Waals surface area contributed by atoms with Crippen molar-refractivity contribution in [3.63, 3.8) is 0 Å². The molecule has 4 rings (SSSR count). The smallest absolute Gasteiger partial charge is 0.407 e. The molecule has 1 fully saturated rings. The molecule has 1 saturated heterocycles. The van der Waals surface area contributed by atoms with Crippen LogP contribution in [0.1, 0.15) is 23.5 Å². The maximum Gasteiger partial charge on any atom is 0.407 e. The molecule has 0 saturated carbocycles. The van der Waals surface area contributed by atoms with Crippen molar-refractivity contribution in [3.8, 4) is 11.5 Å². The van der Waals surface area contributed by atoms with E-state index in [4.69, 9.17) is 14.2 Å². The van der Waals surface area contributed by atoms with Crippen LogP contribution in [-0.2, 0) is 21.2 Å². The summed E-state index contributed by atoms with van der Waals surface area (Å²) in [4.78, 5) is 20.9. The second kappa shape index (κ2) is 10.0. The number of benzene rings is 2. The van der Waals surface area contributed by atoms with E-state index in [1.807, 2.05) is 30.3 Å². The molecule has 0 bridgehead atoms. The average molecular weight is 502 g/mol. The Kier molecular flexibility index (Phi) is 7.08. The summed E-state index contributed by atoms with van der Waals surface area (Å²) in [5.74, 6) is 1.12. The topological polar surface area (TPSA) is 128 Å². The van der Waals surface area contributed by atoms with Gasteiger partial charge >= 0.3 is 6.09 Å². The predicted octanol–water partition coefficient (Wildman–Crippen LogP) is 3.10. The Labute approximate surface area is 203 Å². The van der Waals surface area contributed by atoms with Crippen molar-refractivity contribution in [3.05, 3.63) is 53.9 Å². The first kappa shape index (κ1) is 24.7. The van der Waals surface area contributed by atoms with Crippen molar-refractivity contribution in [2.75, 3.05) is 33.6 Å². The summed E-state index contributed by atoms with van der Waals surface area (Å²) in [6, 6.07) is 9.58. The lowest BCUT2D eigenvalue weighted by atomic mass is 9.88. The van der Waals surface area contributed by atoms with Gasteiger partial charge in [-0.2, -0.15) is 0 Å². The van der Waals surface area contributed by atoms with Crippen molar-refractivity contribution in [1.29, 1.82) is 0 Å². The molecular formula is C24H27N3O7S. The molecule has 1 amide bonds. The third kappa shape index (κ3) is 5.15. The lowest BCUT2D eigenvalue weighted by molar-refractivity contribution is -0.0206. The van der Waals surface area contributed by atoms with E-state index in [2.05, 4.69) is 9.97 Å². The average Bonchev–Trinajstić information content (AvgIpc) is 2.86. The molecule has 1 N–H and O–H groups in total. The summed E-state index contributed by atoms with van der Waals surface area (Å²) in [5.41, 5.74) is 1.45. The maximum atomic E-state index is 11.7. The fourth-order valence-corrected chi connectivity index (χ4v) is 4.92. The van der Waals surface area contributed by atoms with Gasteiger partial charge in [0.2, 0.25) is 15.0 Å². The maximum absolute atomic E-state index is 11.7. The van der Waals surface area contributed by atoms with Crippen molar-refractivity contribution < 1.29 is 32.5 Å². The number of nitrogens with zero attached hydrogens (tertiary/aromatic N) is 3. The van der Waals surface area contributed by atoms with E-state index in [0.29, 0.717) is 30.0 Å². The Morgan fingerprint density at radius 1 is 1.14 bits per heavy atom. The molecule has 2 heterocycles. The minimum absolute atomic E-state index is 0.154. The Hall–Kier alpha value is -3.44. The van der Waals surface area contributed by atoms with Gasteiger partial charge in [0.05, 0.1) is 33.5 Å². The summed E-state index contributed by atoms with van der Waals surface area (Å²) in [5, 5.41) is 11.1. The summed E-state index contributed by atoms with van der Waals surface area (Å²) in [7, 11) is -0.338. The van der Waals surface area contributed by atoms with Gasteiger partial charge in [-0.25, -0.2) is 23.2 Å². The summed E-state index contributed by atoms with van der Waals surface area (Å²) in [6.07, 6.45) is 2.95. The zero-order valence-corrected chi connectivity index (χ0v) is 20.5. The minimum Gasteiger partial charge on any atom is -0.496 e. The van der Waals surface area contributed by atoms with E-state index in [1.165, 1.54) is 17.3 Å². The quantitative estimate of drug-likeness (QED) is 0.486. The largest absolute Gasteiger partial charge is 0.496 e. The Balaban J connectivity index is 1.64. The number of piperidine rings is 1. The molecule has 11 heteroatoms. The third-order valence-electron chi connectivity index (χ3n) is 6.15. The number of aromatic nitrogens is 2. The first-order valence-electron chi connectivity index (χ1n) is 11.0. The van der Waals surface area contributed by atoms with E-state index in [9.17, 15) is 18.3 Å². The fourth-order valence-electron chi connectivity index (χ4n) is 4.43. The van der Waals surface area contributed by atoms with E-state index in [1.54, 1.807) is 14.2 Å². The van der Waals surface area contributed by atoms with E-state index in [-0.39, 0.29) is 24.2 Å². The van der Waals surface area contributed by atoms with Crippen molar-refractivity contribution in [1.82, 2.24) is 14.9 Å². The standard InChI is InChI=1S/C24H27N3O7S/c1-32-20-10-15(22(33-2)19-7-5-4-6-18(19)20)14-34-21-13-27(24(28)29)9-8-17(21)16-11-25-23(26-12-16)35(3,30)31/h4-7,10-12,17,21H,8-9,13-14H2,1-3H3,(H,28,29). The van der Waals surface area contributed by atoms with Crippen molar-refractivity contribution in [2.45, 2.75) is 30.2 Å². The molecule has 0 aliphatic carbocycles. The number of rotatable bonds is 7. The van der Waals surface area contributed by atoms with E-state index in [0.717, 1.165) is 22.6 Å². The Morgan fingerprint density at radius 3 is 2.43 bits per heavy atom. The highest BCUT2D eigenvalue weighted by molar-refractivity contribution is 7.90. The monoisotopic (exact) mass is 501 g/mol. The Morgan fingerprint density at radius 2 is 1.83 bits per heavy atom. The van der Waals surface area contributed by atoms with Crippen LogP contribution in [0, 0.1) is 0 Å². The van der Waals surface area contributed by atoms with Crippen LogP contribution in [0.5, 0.6) is 11.5 Å². The number of ether oxygens (including phenoxy) is 3. The second-order valence-electron chi connectivity index (χ2n) is 8.36. The highest BCUT2D eigenvalue weighted by atomic mass is 32.2. The first-order valence-corrected chi connectivity index (χ1v) is 12.9. The molecule has 1 aromatic heterocycles. The number of likely N-dealkylation sites (tertiary alicyclic amines) is 1. The molecule has 2 aromatic carbocycles. The number of amides is 1. The van der Waals surface area contributed by atoms with Crippen LogP contribution in [0.25, 0.3) is 10.8 Å². The van der Waals surface area contributed by atoms with Crippen LogP contribution in [0.3, 0.4) is 0 Å². The van der Waals surface area contributed by atoms with Gasteiger partial charge in [-0.3, -0.25) is 0 Å². The van der Waals surface area contributed by atoms with Gasteiger partial charge in [-0.05, 0) is 18.1 Å². The highest BCUT2D eigenvalue weighted by Crippen LogP contribution is 2.38. The molecule has 186 valence electrons. The van der Waals surface area contributed by atoms with Gasteiger partial charge in [-0.1, -0.05) is 24.3 Å². The third-order valence-corrected chi connectivity index (χ3v) is 7.02. The van der Waals surface area contributed by atoms with Crippen molar-refractivity contribution in [2.24, 2.45) is 0 Å². The molecular weight excluding hydrogens is 474 g/mol. The van der Waals surface area contributed by atoms with Crippen LogP contribution in [0.15, 0.2) is 47.9 Å². The molecule has 0 spiro atoms. The summed E-state index contributed by atoms with van der Waals surface area (Å²) in [6.45, 7) is 0.628. The second-order valence-corrected chi connectivity index (χ2v) is 10.3. The zero-order valence-electron chi connectivity index (χ0n) is 19.7. The van der Waals surface area contributed by atoms with Gasteiger partial charge in [-0.15, -0.1) is 0 Å². The lowest BCUT2D eigenvalue weighted by Crippen LogP contribution is -2.46. The molecule has 2 unspecified atom stereocenters. The van der Waals surface area contributed by atoms with Crippen LogP contribution < -0.4 is 9.47 Å².